The molecule has 0 aliphatic rings. The fourth-order valence-corrected chi connectivity index (χ4v) is 4.02. The molecule has 25 heavy (non-hydrogen) atoms. The zero-order valence-corrected chi connectivity index (χ0v) is 16.0. The van der Waals surface area contributed by atoms with Crippen molar-refractivity contribution in [3.05, 3.63) is 88.8 Å². The van der Waals surface area contributed by atoms with Crippen LogP contribution in [0.25, 0.3) is 10.1 Å². The van der Waals surface area contributed by atoms with Crippen molar-refractivity contribution < 1.29 is 0 Å². The lowest BCUT2D eigenvalue weighted by Gasteiger charge is -2.26. The van der Waals surface area contributed by atoms with Crippen LogP contribution < -0.4 is 4.90 Å². The molecule has 0 aliphatic carbocycles. The van der Waals surface area contributed by atoms with Crippen molar-refractivity contribution >= 4 is 27.1 Å². The Morgan fingerprint density at radius 3 is 2.56 bits per heavy atom. The second-order valence-corrected chi connectivity index (χ2v) is 7.57. The first-order chi connectivity index (χ1) is 12.2. The Kier molecular flexibility index (Phi) is 5.72. The van der Waals surface area contributed by atoms with Crippen LogP contribution >= 0.6 is 11.3 Å². The number of anilines is 1. The van der Waals surface area contributed by atoms with Gasteiger partial charge in [0, 0.05) is 28.4 Å². The number of aryl methyl sites for hydroxylation is 1. The van der Waals surface area contributed by atoms with Gasteiger partial charge in [-0.15, -0.1) is 11.3 Å². The normalized spacial score (nSPS) is 12.2. The molecule has 1 nitrogen and oxygen atoms in total. The molecule has 0 fully saturated rings. The van der Waals surface area contributed by atoms with Crippen LogP contribution in [0.5, 0.6) is 0 Å². The topological polar surface area (TPSA) is 3.24 Å². The Bertz CT molecular complexity index is 887. The average molecular weight is 348 g/mol. The fourth-order valence-electron chi connectivity index (χ4n) is 3.07. The number of nitrogens with zero attached hydrogens (tertiary/aromatic N) is 1. The summed E-state index contributed by atoms with van der Waals surface area (Å²) in [6, 6.07) is 19.8. The second kappa shape index (κ2) is 8.17. The maximum absolute atomic E-state index is 2.46. The van der Waals surface area contributed by atoms with Gasteiger partial charge in [-0.25, -0.2) is 0 Å². The number of allylic oxidation sites excluding steroid dienone is 2. The summed E-state index contributed by atoms with van der Waals surface area (Å²) in [4.78, 5) is 3.82. The van der Waals surface area contributed by atoms with Crippen molar-refractivity contribution in [1.82, 2.24) is 0 Å². The summed E-state index contributed by atoms with van der Waals surface area (Å²) in [7, 11) is 0. The molecule has 0 N–H and O–H groups in total. The van der Waals surface area contributed by atoms with Crippen molar-refractivity contribution in [3.63, 3.8) is 0 Å². The van der Waals surface area contributed by atoms with Gasteiger partial charge in [0.15, 0.2) is 0 Å². The third kappa shape index (κ3) is 4.40. The quantitative estimate of drug-likeness (QED) is 0.446. The lowest BCUT2D eigenvalue weighted by Crippen LogP contribution is -2.24. The van der Waals surface area contributed by atoms with Gasteiger partial charge in [0.1, 0.15) is 0 Å². The summed E-state index contributed by atoms with van der Waals surface area (Å²) >= 11 is 1.87. The van der Waals surface area contributed by atoms with Gasteiger partial charge < -0.3 is 4.90 Å². The van der Waals surface area contributed by atoms with Crippen LogP contribution in [0.1, 0.15) is 24.3 Å². The Balaban J connectivity index is 1.95. The standard InChI is InChI=1S/C23H25NS/c1-4-9-19(5-2)16-24(17-20-10-7-6-8-11-20)22-13-12-21-14-18(3)25-23(21)15-22/h4-15H,16-17H2,1-3H3/b9-4-,19-5+. The summed E-state index contributed by atoms with van der Waals surface area (Å²) in [5.74, 6) is 0. The molecule has 3 rings (SSSR count). The first-order valence-corrected chi connectivity index (χ1v) is 9.58. The molecule has 0 radical (unpaired) electrons. The van der Waals surface area contributed by atoms with E-state index in [1.165, 1.54) is 31.8 Å². The molecule has 0 atom stereocenters. The van der Waals surface area contributed by atoms with Crippen LogP contribution in [0.4, 0.5) is 5.69 Å². The van der Waals surface area contributed by atoms with E-state index in [4.69, 9.17) is 0 Å². The molecular weight excluding hydrogens is 322 g/mol. The molecule has 2 aromatic carbocycles. The Morgan fingerprint density at radius 1 is 1.04 bits per heavy atom. The molecule has 1 heterocycles. The van der Waals surface area contributed by atoms with Gasteiger partial charge in [0.25, 0.3) is 0 Å². The number of thiophene rings is 1. The maximum atomic E-state index is 2.46. The van der Waals surface area contributed by atoms with Gasteiger partial charge in [0.2, 0.25) is 0 Å². The van der Waals surface area contributed by atoms with E-state index in [9.17, 15) is 0 Å². The molecule has 3 aromatic rings. The minimum absolute atomic E-state index is 0.908. The first-order valence-electron chi connectivity index (χ1n) is 8.76. The maximum Gasteiger partial charge on any atom is 0.0433 e. The third-order valence-corrected chi connectivity index (χ3v) is 5.35. The van der Waals surface area contributed by atoms with E-state index < -0.39 is 0 Å². The van der Waals surface area contributed by atoms with Crippen LogP contribution in [-0.2, 0) is 6.54 Å². The highest BCUT2D eigenvalue weighted by molar-refractivity contribution is 7.19. The Hall–Kier alpha value is -2.32. The van der Waals surface area contributed by atoms with Crippen molar-refractivity contribution in [2.75, 3.05) is 11.4 Å². The van der Waals surface area contributed by atoms with Crippen LogP contribution in [0, 0.1) is 6.92 Å². The number of benzene rings is 2. The lowest BCUT2D eigenvalue weighted by molar-refractivity contribution is 0.853. The monoisotopic (exact) mass is 347 g/mol. The molecule has 0 saturated carbocycles. The summed E-state index contributed by atoms with van der Waals surface area (Å²) in [5.41, 5.74) is 3.95. The molecule has 1 aromatic heterocycles. The van der Waals surface area contributed by atoms with Crippen molar-refractivity contribution in [2.45, 2.75) is 27.3 Å². The van der Waals surface area contributed by atoms with E-state index in [1.807, 2.05) is 11.3 Å². The Morgan fingerprint density at radius 2 is 1.84 bits per heavy atom. The van der Waals surface area contributed by atoms with E-state index in [0.29, 0.717) is 0 Å². The van der Waals surface area contributed by atoms with Crippen molar-refractivity contribution in [3.8, 4) is 0 Å². The smallest absolute Gasteiger partial charge is 0.0433 e. The average Bonchev–Trinajstić information content (AvgIpc) is 3.00. The van der Waals surface area contributed by atoms with Gasteiger partial charge in [-0.05, 0) is 55.5 Å². The largest absolute Gasteiger partial charge is 0.363 e. The molecule has 0 bridgehead atoms. The Labute approximate surface area is 154 Å². The first kappa shape index (κ1) is 17.5. The van der Waals surface area contributed by atoms with Gasteiger partial charge >= 0.3 is 0 Å². The SMILES string of the molecule is C/C=C\C(=C/C)CN(Cc1ccccc1)c1ccc2cc(C)sc2c1. The van der Waals surface area contributed by atoms with E-state index in [-0.39, 0.29) is 0 Å². The number of rotatable bonds is 6. The molecule has 0 spiro atoms. The van der Waals surface area contributed by atoms with E-state index >= 15 is 0 Å². The predicted octanol–water partition coefficient (Wildman–Crippen LogP) is 6.74. The van der Waals surface area contributed by atoms with Gasteiger partial charge in [-0.3, -0.25) is 0 Å². The van der Waals surface area contributed by atoms with E-state index in [2.05, 4.69) is 98.5 Å². The fraction of sp³-hybridized carbons (Fsp3) is 0.217. The number of hydrogen-bond donors (Lipinski definition) is 0. The van der Waals surface area contributed by atoms with Crippen LogP contribution in [0.15, 0.2) is 78.4 Å². The lowest BCUT2D eigenvalue weighted by atomic mass is 10.1. The van der Waals surface area contributed by atoms with E-state index in [0.717, 1.165) is 13.1 Å². The van der Waals surface area contributed by atoms with Gasteiger partial charge in [-0.2, -0.15) is 0 Å². The highest BCUT2D eigenvalue weighted by Crippen LogP contribution is 2.30. The molecule has 2 heteroatoms. The summed E-state index contributed by atoms with van der Waals surface area (Å²) < 4.78 is 1.36. The van der Waals surface area contributed by atoms with Crippen molar-refractivity contribution in [1.29, 1.82) is 0 Å². The zero-order valence-electron chi connectivity index (χ0n) is 15.2. The molecule has 0 aliphatic heterocycles. The summed E-state index contributed by atoms with van der Waals surface area (Å²) in [6.07, 6.45) is 6.51. The van der Waals surface area contributed by atoms with Crippen LogP contribution in [0.2, 0.25) is 0 Å². The zero-order chi connectivity index (χ0) is 17.6. The number of fused-ring (bicyclic) bond motifs is 1. The highest BCUT2D eigenvalue weighted by atomic mass is 32.1. The molecule has 0 amide bonds. The minimum Gasteiger partial charge on any atom is -0.363 e. The van der Waals surface area contributed by atoms with Crippen LogP contribution in [-0.4, -0.2) is 6.54 Å². The highest BCUT2D eigenvalue weighted by Gasteiger charge is 2.10. The minimum atomic E-state index is 0.908. The van der Waals surface area contributed by atoms with E-state index in [1.54, 1.807) is 0 Å². The second-order valence-electron chi connectivity index (χ2n) is 6.28. The predicted molar refractivity (Wildman–Crippen MR) is 113 cm³/mol. The molecule has 0 unspecified atom stereocenters. The van der Waals surface area contributed by atoms with Gasteiger partial charge in [0.05, 0.1) is 0 Å². The molecule has 0 saturated heterocycles. The summed E-state index contributed by atoms with van der Waals surface area (Å²) in [6.45, 7) is 8.18. The molecular formula is C23H25NS. The summed E-state index contributed by atoms with van der Waals surface area (Å²) in [5, 5.41) is 1.34. The van der Waals surface area contributed by atoms with Crippen LogP contribution in [0.3, 0.4) is 0 Å². The third-order valence-electron chi connectivity index (χ3n) is 4.33. The van der Waals surface area contributed by atoms with Crippen molar-refractivity contribution in [2.24, 2.45) is 0 Å². The van der Waals surface area contributed by atoms with Gasteiger partial charge in [-0.1, -0.05) is 54.6 Å². The number of hydrogen-bond acceptors (Lipinski definition) is 2. The molecule has 128 valence electrons.